The van der Waals surface area contributed by atoms with Crippen molar-refractivity contribution >= 4 is 16.9 Å². The number of aliphatic hydroxyl groups is 1. The fourth-order valence-corrected chi connectivity index (χ4v) is 1.67. The van der Waals surface area contributed by atoms with Gasteiger partial charge in [-0.25, -0.2) is 4.79 Å². The molecular formula is C11H11NO4. The summed E-state index contributed by atoms with van der Waals surface area (Å²) >= 11 is 0. The molecule has 5 nitrogen and oxygen atoms in total. The van der Waals surface area contributed by atoms with E-state index < -0.39 is 12.1 Å². The predicted molar refractivity (Wildman–Crippen MR) is 57.3 cm³/mol. The molecule has 1 aromatic carbocycles. The van der Waals surface area contributed by atoms with Crippen LogP contribution in [0, 0.1) is 0 Å². The minimum Gasteiger partial charge on any atom is -0.494 e. The second-order valence-corrected chi connectivity index (χ2v) is 3.56. The van der Waals surface area contributed by atoms with Crippen LogP contribution in [0.25, 0.3) is 10.9 Å². The van der Waals surface area contributed by atoms with Gasteiger partial charge < -0.3 is 20.3 Å². The van der Waals surface area contributed by atoms with Gasteiger partial charge in [0.15, 0.2) is 12.0 Å². The number of rotatable bonds is 3. The Kier molecular flexibility index (Phi) is 2.54. The predicted octanol–water partition coefficient (Wildman–Crippen LogP) is 0.862. The Bertz CT molecular complexity index is 532. The molecule has 1 aromatic heterocycles. The molecule has 1 heterocycles. The van der Waals surface area contributed by atoms with Crippen LogP contribution >= 0.6 is 0 Å². The quantitative estimate of drug-likeness (QED) is 0.618. The van der Waals surface area contributed by atoms with E-state index in [0.29, 0.717) is 11.1 Å². The summed E-state index contributed by atoms with van der Waals surface area (Å²) in [5.74, 6) is -1.40. The van der Waals surface area contributed by atoms with Crippen LogP contribution < -0.4 is 0 Å². The molecule has 1 unspecified atom stereocenters. The summed E-state index contributed by atoms with van der Waals surface area (Å²) in [5.41, 5.74) is 1.14. The van der Waals surface area contributed by atoms with E-state index in [4.69, 9.17) is 5.11 Å². The molecule has 2 aromatic rings. The zero-order chi connectivity index (χ0) is 11.7. The average molecular weight is 221 g/mol. The van der Waals surface area contributed by atoms with Crippen molar-refractivity contribution in [2.24, 2.45) is 0 Å². The fourth-order valence-electron chi connectivity index (χ4n) is 1.67. The molecule has 0 aliphatic rings. The third-order valence-corrected chi connectivity index (χ3v) is 2.47. The SMILES string of the molecule is O=C(O)C(O)Cc1c(O)[nH]c2ccccc12. The molecule has 0 radical (unpaired) electrons. The van der Waals surface area contributed by atoms with Crippen molar-refractivity contribution in [3.63, 3.8) is 0 Å². The number of aromatic nitrogens is 1. The van der Waals surface area contributed by atoms with E-state index in [9.17, 15) is 15.0 Å². The molecule has 84 valence electrons. The molecule has 2 rings (SSSR count). The first-order chi connectivity index (χ1) is 7.59. The lowest BCUT2D eigenvalue weighted by Gasteiger charge is -2.04. The molecule has 0 aliphatic heterocycles. The zero-order valence-electron chi connectivity index (χ0n) is 8.34. The molecule has 4 N–H and O–H groups in total. The van der Waals surface area contributed by atoms with E-state index in [0.717, 1.165) is 5.39 Å². The van der Waals surface area contributed by atoms with Gasteiger partial charge in [-0.05, 0) is 6.07 Å². The van der Waals surface area contributed by atoms with Gasteiger partial charge in [-0.15, -0.1) is 0 Å². The first-order valence-electron chi connectivity index (χ1n) is 4.79. The van der Waals surface area contributed by atoms with E-state index in [-0.39, 0.29) is 12.3 Å². The molecule has 16 heavy (non-hydrogen) atoms. The maximum Gasteiger partial charge on any atom is 0.332 e. The van der Waals surface area contributed by atoms with Crippen LogP contribution in [0.5, 0.6) is 5.88 Å². The second-order valence-electron chi connectivity index (χ2n) is 3.56. The van der Waals surface area contributed by atoms with Crippen LogP contribution in [-0.4, -0.2) is 32.4 Å². The van der Waals surface area contributed by atoms with E-state index >= 15 is 0 Å². The molecule has 0 fully saturated rings. The molecular weight excluding hydrogens is 210 g/mol. The Hall–Kier alpha value is -2.01. The summed E-state index contributed by atoms with van der Waals surface area (Å²) in [5, 5.41) is 28.2. The van der Waals surface area contributed by atoms with Crippen LogP contribution in [0.1, 0.15) is 5.56 Å². The van der Waals surface area contributed by atoms with Gasteiger partial charge in [-0.2, -0.15) is 0 Å². The van der Waals surface area contributed by atoms with Crippen molar-refractivity contribution in [3.05, 3.63) is 29.8 Å². The standard InChI is InChI=1S/C11H11NO4/c13-9(11(15)16)5-7-6-3-1-2-4-8(6)12-10(7)14/h1-4,9,12-14H,5H2,(H,15,16). The molecule has 0 amide bonds. The highest BCUT2D eigenvalue weighted by atomic mass is 16.4. The third kappa shape index (κ3) is 1.72. The lowest BCUT2D eigenvalue weighted by Crippen LogP contribution is -2.21. The van der Waals surface area contributed by atoms with E-state index in [1.165, 1.54) is 0 Å². The number of nitrogens with one attached hydrogen (secondary N) is 1. The number of carboxylic acids is 1. The van der Waals surface area contributed by atoms with Crippen molar-refractivity contribution in [2.45, 2.75) is 12.5 Å². The maximum absolute atomic E-state index is 10.5. The Labute approximate surface area is 91.0 Å². The summed E-state index contributed by atoms with van der Waals surface area (Å²) in [7, 11) is 0. The number of aliphatic carboxylic acids is 1. The van der Waals surface area contributed by atoms with Crippen molar-refractivity contribution < 1.29 is 20.1 Å². The number of aromatic hydroxyl groups is 1. The monoisotopic (exact) mass is 221 g/mol. The van der Waals surface area contributed by atoms with Gasteiger partial charge in [0.2, 0.25) is 0 Å². The number of aliphatic hydroxyl groups excluding tert-OH is 1. The van der Waals surface area contributed by atoms with Crippen LogP contribution in [-0.2, 0) is 11.2 Å². The number of para-hydroxylation sites is 1. The van der Waals surface area contributed by atoms with E-state index in [1.54, 1.807) is 24.3 Å². The summed E-state index contributed by atoms with van der Waals surface area (Å²) in [6.45, 7) is 0. The van der Waals surface area contributed by atoms with Crippen LogP contribution in [0.2, 0.25) is 0 Å². The summed E-state index contributed by atoms with van der Waals surface area (Å²) < 4.78 is 0. The number of fused-ring (bicyclic) bond motifs is 1. The smallest absolute Gasteiger partial charge is 0.332 e. The number of benzene rings is 1. The molecule has 0 bridgehead atoms. The van der Waals surface area contributed by atoms with Crippen LogP contribution in [0.4, 0.5) is 0 Å². The van der Waals surface area contributed by atoms with Gasteiger partial charge in [-0.1, -0.05) is 18.2 Å². The highest BCUT2D eigenvalue weighted by molar-refractivity contribution is 5.86. The van der Waals surface area contributed by atoms with Gasteiger partial charge >= 0.3 is 5.97 Å². The van der Waals surface area contributed by atoms with Crippen LogP contribution in [0.3, 0.4) is 0 Å². The number of hydrogen-bond acceptors (Lipinski definition) is 3. The normalized spacial score (nSPS) is 12.8. The average Bonchev–Trinajstić information content (AvgIpc) is 2.55. The molecule has 5 heteroatoms. The molecule has 0 spiro atoms. The highest BCUT2D eigenvalue weighted by Gasteiger charge is 2.19. The summed E-state index contributed by atoms with van der Waals surface area (Å²) in [4.78, 5) is 13.3. The number of carbonyl (C=O) groups is 1. The van der Waals surface area contributed by atoms with Gasteiger partial charge in [0.05, 0.1) is 0 Å². The van der Waals surface area contributed by atoms with Gasteiger partial charge in [0, 0.05) is 22.9 Å². The van der Waals surface area contributed by atoms with Crippen LogP contribution in [0.15, 0.2) is 24.3 Å². The molecule has 0 saturated carbocycles. The molecule has 0 aliphatic carbocycles. The van der Waals surface area contributed by atoms with Crippen molar-refractivity contribution in [3.8, 4) is 5.88 Å². The minimum absolute atomic E-state index is 0.0958. The second kappa shape index (κ2) is 3.86. The van der Waals surface area contributed by atoms with Gasteiger partial charge in [-0.3, -0.25) is 0 Å². The Morgan fingerprint density at radius 1 is 1.38 bits per heavy atom. The number of carboxylic acid groups (broad SMARTS) is 1. The fraction of sp³-hybridized carbons (Fsp3) is 0.182. The van der Waals surface area contributed by atoms with E-state index in [1.807, 2.05) is 0 Å². The Morgan fingerprint density at radius 2 is 2.06 bits per heavy atom. The van der Waals surface area contributed by atoms with Crippen molar-refractivity contribution in [1.29, 1.82) is 0 Å². The zero-order valence-corrected chi connectivity index (χ0v) is 8.34. The third-order valence-electron chi connectivity index (χ3n) is 2.47. The largest absolute Gasteiger partial charge is 0.494 e. The number of aromatic amines is 1. The lowest BCUT2D eigenvalue weighted by molar-refractivity contribution is -0.146. The van der Waals surface area contributed by atoms with Gasteiger partial charge in [0.1, 0.15) is 0 Å². The van der Waals surface area contributed by atoms with Crippen molar-refractivity contribution in [2.75, 3.05) is 0 Å². The van der Waals surface area contributed by atoms with Crippen molar-refractivity contribution in [1.82, 2.24) is 4.98 Å². The maximum atomic E-state index is 10.5. The number of H-pyrrole nitrogens is 1. The molecule has 1 atom stereocenters. The minimum atomic E-state index is -1.51. The topological polar surface area (TPSA) is 93.6 Å². The van der Waals surface area contributed by atoms with E-state index in [2.05, 4.69) is 4.98 Å². The summed E-state index contributed by atoms with van der Waals surface area (Å²) in [6.07, 6.45) is -1.63. The first kappa shape index (κ1) is 10.5. The first-order valence-corrected chi connectivity index (χ1v) is 4.79. The Morgan fingerprint density at radius 3 is 2.75 bits per heavy atom. The lowest BCUT2D eigenvalue weighted by atomic mass is 10.1. The Balaban J connectivity index is 2.43. The van der Waals surface area contributed by atoms with Gasteiger partial charge in [0.25, 0.3) is 0 Å². The highest BCUT2D eigenvalue weighted by Crippen LogP contribution is 2.27. The summed E-state index contributed by atoms with van der Waals surface area (Å²) in [6, 6.07) is 7.11. The number of hydrogen-bond donors (Lipinski definition) is 4. The molecule has 0 saturated heterocycles.